The quantitative estimate of drug-likeness (QED) is 0.879. The van der Waals surface area contributed by atoms with Crippen molar-refractivity contribution in [1.82, 2.24) is 0 Å². The van der Waals surface area contributed by atoms with Crippen LogP contribution in [-0.4, -0.2) is 5.11 Å². The number of aliphatic hydroxyl groups is 1. The molecule has 0 spiro atoms. The molecule has 1 atom stereocenters. The molecule has 1 unspecified atom stereocenters. The van der Waals surface area contributed by atoms with Crippen LogP contribution in [0.5, 0.6) is 0 Å². The molecule has 0 saturated heterocycles. The largest absolute Gasteiger partial charge is 0.385 e. The molecule has 4 heteroatoms. The third kappa shape index (κ3) is 3.27. The fourth-order valence-electron chi connectivity index (χ4n) is 2.04. The molecule has 100 valence electrons. The molecule has 2 aromatic rings. The van der Waals surface area contributed by atoms with Gasteiger partial charge in [0.2, 0.25) is 0 Å². The summed E-state index contributed by atoms with van der Waals surface area (Å²) in [6, 6.07) is 11.1. The second-order valence-corrected chi connectivity index (χ2v) is 5.48. The van der Waals surface area contributed by atoms with Crippen molar-refractivity contribution in [3.8, 4) is 0 Å². The maximum Gasteiger partial charge on any atom is 0.123 e. The fourth-order valence-corrected chi connectivity index (χ4v) is 2.57. The van der Waals surface area contributed by atoms with Gasteiger partial charge in [-0.2, -0.15) is 0 Å². The van der Waals surface area contributed by atoms with Crippen molar-refractivity contribution in [2.24, 2.45) is 0 Å². The van der Waals surface area contributed by atoms with E-state index in [9.17, 15) is 9.50 Å². The molecule has 2 aromatic carbocycles. The Kier molecular flexibility index (Phi) is 4.14. The third-order valence-corrected chi connectivity index (χ3v) is 3.69. The normalized spacial score (nSPS) is 14.2. The predicted molar refractivity (Wildman–Crippen MR) is 76.1 cm³/mol. The van der Waals surface area contributed by atoms with E-state index in [1.54, 1.807) is 31.2 Å². The van der Waals surface area contributed by atoms with E-state index in [0.29, 0.717) is 21.2 Å². The Balaban J connectivity index is 2.36. The van der Waals surface area contributed by atoms with Crippen molar-refractivity contribution >= 4 is 23.2 Å². The molecule has 0 radical (unpaired) electrons. The van der Waals surface area contributed by atoms with Crippen LogP contribution in [0.2, 0.25) is 10.0 Å². The minimum atomic E-state index is -1.21. The van der Waals surface area contributed by atoms with Crippen LogP contribution >= 0.6 is 23.2 Å². The van der Waals surface area contributed by atoms with Crippen molar-refractivity contribution in [3.63, 3.8) is 0 Å². The monoisotopic (exact) mass is 298 g/mol. The van der Waals surface area contributed by atoms with Gasteiger partial charge in [0.05, 0.1) is 5.60 Å². The third-order valence-electron chi connectivity index (χ3n) is 3.00. The Morgan fingerprint density at radius 1 is 1.11 bits per heavy atom. The molecule has 0 aromatic heterocycles. The average molecular weight is 299 g/mol. The Hall–Kier alpha value is -1.09. The minimum Gasteiger partial charge on any atom is -0.385 e. The van der Waals surface area contributed by atoms with E-state index < -0.39 is 5.60 Å². The number of halogens is 3. The van der Waals surface area contributed by atoms with Crippen LogP contribution in [0.3, 0.4) is 0 Å². The Morgan fingerprint density at radius 3 is 2.47 bits per heavy atom. The molecule has 19 heavy (non-hydrogen) atoms. The Labute approximate surface area is 121 Å². The van der Waals surface area contributed by atoms with E-state index in [4.69, 9.17) is 23.2 Å². The molecule has 0 heterocycles. The summed E-state index contributed by atoms with van der Waals surface area (Å²) in [5.41, 5.74) is -0.0703. The second kappa shape index (κ2) is 5.49. The number of rotatable bonds is 3. The number of hydrogen-bond donors (Lipinski definition) is 1. The van der Waals surface area contributed by atoms with E-state index in [1.807, 2.05) is 0 Å². The lowest BCUT2D eigenvalue weighted by Gasteiger charge is -2.25. The summed E-state index contributed by atoms with van der Waals surface area (Å²) >= 11 is 12.1. The molecular formula is C15H13Cl2FO. The summed E-state index contributed by atoms with van der Waals surface area (Å²) in [5.74, 6) is -0.380. The van der Waals surface area contributed by atoms with E-state index in [-0.39, 0.29) is 12.2 Å². The predicted octanol–water partition coefficient (Wildman–Crippen LogP) is 4.58. The van der Waals surface area contributed by atoms with Gasteiger partial charge in [-0.3, -0.25) is 0 Å². The van der Waals surface area contributed by atoms with E-state index >= 15 is 0 Å². The Morgan fingerprint density at radius 2 is 1.79 bits per heavy atom. The molecule has 0 aliphatic heterocycles. The van der Waals surface area contributed by atoms with Crippen LogP contribution in [-0.2, 0) is 12.0 Å². The van der Waals surface area contributed by atoms with Gasteiger partial charge in [0, 0.05) is 22.0 Å². The highest BCUT2D eigenvalue weighted by Crippen LogP contribution is 2.32. The van der Waals surface area contributed by atoms with Crippen LogP contribution in [0.4, 0.5) is 4.39 Å². The SMILES string of the molecule is CC(O)(Cc1cc(F)ccc1Cl)c1ccccc1Cl. The van der Waals surface area contributed by atoms with Gasteiger partial charge in [-0.05, 0) is 36.8 Å². The molecule has 0 aliphatic rings. The topological polar surface area (TPSA) is 20.2 Å². The highest BCUT2D eigenvalue weighted by atomic mass is 35.5. The second-order valence-electron chi connectivity index (χ2n) is 4.67. The number of hydrogen-bond acceptors (Lipinski definition) is 1. The summed E-state index contributed by atoms with van der Waals surface area (Å²) in [6.07, 6.45) is 0.188. The van der Waals surface area contributed by atoms with Gasteiger partial charge in [-0.1, -0.05) is 41.4 Å². The van der Waals surface area contributed by atoms with Gasteiger partial charge < -0.3 is 5.11 Å². The van der Waals surface area contributed by atoms with E-state index in [1.165, 1.54) is 18.2 Å². The highest BCUT2D eigenvalue weighted by Gasteiger charge is 2.26. The highest BCUT2D eigenvalue weighted by molar-refractivity contribution is 6.31. The zero-order valence-corrected chi connectivity index (χ0v) is 11.8. The minimum absolute atomic E-state index is 0.188. The summed E-state index contributed by atoms with van der Waals surface area (Å²) in [5, 5.41) is 11.5. The molecule has 2 rings (SSSR count). The van der Waals surface area contributed by atoms with Crippen molar-refractivity contribution in [1.29, 1.82) is 0 Å². The van der Waals surface area contributed by atoms with E-state index in [0.717, 1.165) is 0 Å². The van der Waals surface area contributed by atoms with Crippen LogP contribution in [0.15, 0.2) is 42.5 Å². The van der Waals surface area contributed by atoms with Gasteiger partial charge in [0.1, 0.15) is 5.82 Å². The zero-order valence-electron chi connectivity index (χ0n) is 10.3. The van der Waals surface area contributed by atoms with Crippen LogP contribution in [0, 0.1) is 5.82 Å². The Bertz CT molecular complexity index is 596. The van der Waals surface area contributed by atoms with Gasteiger partial charge in [0.25, 0.3) is 0 Å². The molecule has 0 bridgehead atoms. The molecule has 0 aliphatic carbocycles. The average Bonchev–Trinajstić information content (AvgIpc) is 2.34. The van der Waals surface area contributed by atoms with Crippen molar-refractivity contribution < 1.29 is 9.50 Å². The molecule has 0 fully saturated rings. The van der Waals surface area contributed by atoms with Crippen LogP contribution < -0.4 is 0 Å². The first kappa shape index (κ1) is 14.3. The standard InChI is InChI=1S/C15H13Cl2FO/c1-15(19,12-4-2-3-5-14(12)17)9-10-8-11(18)6-7-13(10)16/h2-8,19H,9H2,1H3. The first-order valence-electron chi connectivity index (χ1n) is 5.81. The molecule has 0 saturated carbocycles. The lowest BCUT2D eigenvalue weighted by atomic mass is 9.89. The summed E-state index contributed by atoms with van der Waals surface area (Å²) in [4.78, 5) is 0. The van der Waals surface area contributed by atoms with Crippen LogP contribution in [0.1, 0.15) is 18.1 Å². The van der Waals surface area contributed by atoms with Gasteiger partial charge in [-0.15, -0.1) is 0 Å². The summed E-state index contributed by atoms with van der Waals surface area (Å²) in [7, 11) is 0. The smallest absolute Gasteiger partial charge is 0.123 e. The first-order chi connectivity index (χ1) is 8.90. The maximum absolute atomic E-state index is 13.2. The zero-order chi connectivity index (χ0) is 14.0. The van der Waals surface area contributed by atoms with Crippen molar-refractivity contribution in [3.05, 3.63) is 69.5 Å². The number of benzene rings is 2. The van der Waals surface area contributed by atoms with Crippen molar-refractivity contribution in [2.75, 3.05) is 0 Å². The summed E-state index contributed by atoms with van der Waals surface area (Å²) in [6.45, 7) is 1.63. The molecule has 1 N–H and O–H groups in total. The maximum atomic E-state index is 13.2. The van der Waals surface area contributed by atoms with Gasteiger partial charge in [-0.25, -0.2) is 4.39 Å². The fraction of sp³-hybridized carbons (Fsp3) is 0.200. The van der Waals surface area contributed by atoms with Crippen molar-refractivity contribution in [2.45, 2.75) is 18.9 Å². The first-order valence-corrected chi connectivity index (χ1v) is 6.57. The lowest BCUT2D eigenvalue weighted by Crippen LogP contribution is -2.25. The van der Waals surface area contributed by atoms with Gasteiger partial charge in [0.15, 0.2) is 0 Å². The van der Waals surface area contributed by atoms with Crippen LogP contribution in [0.25, 0.3) is 0 Å². The van der Waals surface area contributed by atoms with Gasteiger partial charge >= 0.3 is 0 Å². The molecule has 0 amide bonds. The summed E-state index contributed by atoms with van der Waals surface area (Å²) < 4.78 is 13.2. The lowest BCUT2D eigenvalue weighted by molar-refractivity contribution is 0.0577. The molecule has 1 nitrogen and oxygen atoms in total. The molecular weight excluding hydrogens is 286 g/mol. The van der Waals surface area contributed by atoms with E-state index in [2.05, 4.69) is 0 Å².